The summed E-state index contributed by atoms with van der Waals surface area (Å²) >= 11 is 14.9. The van der Waals surface area contributed by atoms with Gasteiger partial charge in [-0.15, -0.1) is 0 Å². The maximum absolute atomic E-state index is 10.2. The van der Waals surface area contributed by atoms with Crippen molar-refractivity contribution >= 4 is 42.4 Å². The van der Waals surface area contributed by atoms with E-state index in [1.807, 2.05) is 0 Å². The van der Waals surface area contributed by atoms with Crippen LogP contribution in [0.5, 0.6) is 0 Å². The Labute approximate surface area is 71.9 Å². The van der Waals surface area contributed by atoms with Crippen molar-refractivity contribution in [2.24, 2.45) is 0 Å². The molecule has 8 heteroatoms. The van der Waals surface area contributed by atoms with Gasteiger partial charge in [-0.05, 0) is 0 Å². The molecule has 0 saturated heterocycles. The Bertz CT molecular complexity index is 158. The number of alkyl halides is 3. The number of hydrogen-bond acceptors (Lipinski definition) is 2. The lowest BCUT2D eigenvalue weighted by molar-refractivity contribution is 0.205. The molecule has 0 saturated carbocycles. The molecule has 0 aliphatic carbocycles. The minimum Gasteiger partial charge on any atom is -0.377 e. The average molecular weight is 229 g/mol. The summed E-state index contributed by atoms with van der Waals surface area (Å²) in [6, 6.07) is 0. The van der Waals surface area contributed by atoms with Crippen molar-refractivity contribution in [1.82, 2.24) is 0 Å². The Hall–Kier alpha value is 0.980. The molecule has 1 atom stereocenters. The highest BCUT2D eigenvalue weighted by molar-refractivity contribution is 7.52. The van der Waals surface area contributed by atoms with Crippen LogP contribution >= 0.6 is 42.4 Å². The summed E-state index contributed by atoms with van der Waals surface area (Å²) in [5.41, 5.74) is 0. The summed E-state index contributed by atoms with van der Waals surface area (Å²) in [6.45, 7) is 0. The number of rotatable bonds is 1. The maximum Gasteiger partial charge on any atom is 0.358 e. The van der Waals surface area contributed by atoms with Gasteiger partial charge in [0, 0.05) is 0 Å². The van der Waals surface area contributed by atoms with E-state index in [4.69, 9.17) is 49.7 Å². The van der Waals surface area contributed by atoms with Crippen LogP contribution in [0.1, 0.15) is 0 Å². The van der Waals surface area contributed by atoms with E-state index < -0.39 is 17.2 Å². The fourth-order valence-corrected chi connectivity index (χ4v) is 1.72. The van der Waals surface area contributed by atoms with Gasteiger partial charge in [0.05, 0.1) is 0 Å². The molecule has 0 amide bonds. The summed E-state index contributed by atoms with van der Waals surface area (Å²) in [6.07, 6.45) is 0. The molecule has 0 spiro atoms. The van der Waals surface area contributed by atoms with E-state index in [1.54, 1.807) is 0 Å². The lowest BCUT2D eigenvalue weighted by atomic mass is 10.8. The molecule has 0 aliphatic rings. The lowest BCUT2D eigenvalue weighted by Gasteiger charge is -2.18. The minimum absolute atomic E-state index is 2.27. The molecule has 0 aliphatic heterocycles. The van der Waals surface area contributed by atoms with Crippen molar-refractivity contribution in [2.45, 2.75) is 9.64 Å². The second kappa shape index (κ2) is 3.15. The Balaban J connectivity index is 4.39. The number of halogens is 3. The van der Waals surface area contributed by atoms with E-state index in [9.17, 15) is 4.57 Å². The van der Waals surface area contributed by atoms with Gasteiger partial charge in [-0.3, -0.25) is 4.57 Å². The van der Waals surface area contributed by atoms with E-state index >= 15 is 0 Å². The summed E-state index contributed by atoms with van der Waals surface area (Å²) in [4.78, 5) is 16.5. The third kappa shape index (κ3) is 3.39. The van der Waals surface area contributed by atoms with Crippen molar-refractivity contribution in [3.63, 3.8) is 0 Å². The summed E-state index contributed by atoms with van der Waals surface area (Å²) in [5, 5.41) is 8.56. The van der Waals surface area contributed by atoms with Crippen LogP contribution in [0.15, 0.2) is 0 Å². The molecule has 0 aromatic rings. The first kappa shape index (κ1) is 11.0. The quantitative estimate of drug-likeness (QED) is 0.460. The van der Waals surface area contributed by atoms with Gasteiger partial charge >= 0.3 is 7.60 Å². The maximum atomic E-state index is 10.2. The fraction of sp³-hybridized carbons (Fsp3) is 1.00. The van der Waals surface area contributed by atoms with E-state index in [-0.39, 0.29) is 0 Å². The highest BCUT2D eigenvalue weighted by Crippen LogP contribution is 2.50. The summed E-state index contributed by atoms with van der Waals surface area (Å²) in [7, 11) is -4.72. The van der Waals surface area contributed by atoms with E-state index in [1.165, 1.54) is 0 Å². The van der Waals surface area contributed by atoms with Gasteiger partial charge in [0.1, 0.15) is 0 Å². The van der Waals surface area contributed by atoms with Gasteiger partial charge in [-0.2, -0.15) is 0 Å². The van der Waals surface area contributed by atoms with Crippen molar-refractivity contribution in [3.05, 3.63) is 0 Å². The number of aliphatic hydroxyl groups is 1. The third-order valence-electron chi connectivity index (χ3n) is 0.611. The van der Waals surface area contributed by atoms with Gasteiger partial charge in [0.15, 0.2) is 0 Å². The molecule has 0 aromatic heterocycles. The van der Waals surface area contributed by atoms with Crippen LogP contribution in [-0.4, -0.2) is 24.5 Å². The molecule has 0 fully saturated rings. The first-order valence-electron chi connectivity index (χ1n) is 1.95. The van der Waals surface area contributed by atoms with Crippen LogP contribution < -0.4 is 0 Å². The molecular weight excluding hydrogens is 225 g/mol. The second-order valence-electron chi connectivity index (χ2n) is 1.50. The molecule has 0 heterocycles. The third-order valence-corrected chi connectivity index (χ3v) is 2.71. The molecule has 4 nitrogen and oxygen atoms in total. The van der Waals surface area contributed by atoms with Crippen LogP contribution in [0, 0.1) is 0 Å². The smallest absolute Gasteiger partial charge is 0.358 e. The summed E-state index contributed by atoms with van der Waals surface area (Å²) in [5.74, 6) is -2.27. The molecule has 1 unspecified atom stereocenters. The Kier molecular flexibility index (Phi) is 3.46. The predicted molar refractivity (Wildman–Crippen MR) is 38.3 cm³/mol. The van der Waals surface area contributed by atoms with E-state index in [0.717, 1.165) is 0 Å². The zero-order valence-corrected chi connectivity index (χ0v) is 7.57. The van der Waals surface area contributed by atoms with Gasteiger partial charge in [-0.1, -0.05) is 34.8 Å². The summed E-state index contributed by atoms with van der Waals surface area (Å²) < 4.78 is 7.82. The highest BCUT2D eigenvalue weighted by Gasteiger charge is 2.43. The van der Waals surface area contributed by atoms with Gasteiger partial charge in [0.2, 0.25) is 9.64 Å². The minimum atomic E-state index is -4.72. The molecule has 62 valence electrons. The van der Waals surface area contributed by atoms with Crippen LogP contribution in [-0.2, 0) is 4.57 Å². The van der Waals surface area contributed by atoms with Crippen molar-refractivity contribution in [3.8, 4) is 0 Å². The van der Waals surface area contributed by atoms with Crippen LogP contribution in [0.4, 0.5) is 0 Å². The average Bonchev–Trinajstić information content (AvgIpc) is 1.59. The first-order valence-corrected chi connectivity index (χ1v) is 4.77. The SMILES string of the molecule is O=P(O)(O)C(O)C(Cl)(Cl)Cl. The predicted octanol–water partition coefficient (Wildman–Crippen LogP) is 0.853. The second-order valence-corrected chi connectivity index (χ2v) is 5.54. The fourth-order valence-electron chi connectivity index (χ4n) is 0.191. The molecule has 0 aromatic carbocycles. The monoisotopic (exact) mass is 228 g/mol. The Morgan fingerprint density at radius 1 is 1.30 bits per heavy atom. The zero-order chi connectivity index (χ0) is 8.58. The number of aliphatic hydroxyl groups excluding tert-OH is 1. The molecule has 10 heavy (non-hydrogen) atoms. The molecule has 0 rings (SSSR count). The molecular formula is C2H4Cl3O4P. The van der Waals surface area contributed by atoms with Gasteiger partial charge in [0.25, 0.3) is 0 Å². The van der Waals surface area contributed by atoms with E-state index in [0.29, 0.717) is 0 Å². The largest absolute Gasteiger partial charge is 0.377 e. The molecule has 3 N–H and O–H groups in total. The normalized spacial score (nSPS) is 17.0. The zero-order valence-electron chi connectivity index (χ0n) is 4.41. The van der Waals surface area contributed by atoms with Crippen molar-refractivity contribution < 1.29 is 19.5 Å². The van der Waals surface area contributed by atoms with Crippen molar-refractivity contribution in [2.75, 3.05) is 0 Å². The van der Waals surface area contributed by atoms with Gasteiger partial charge in [-0.25, -0.2) is 0 Å². The first-order chi connectivity index (χ1) is 4.15. The van der Waals surface area contributed by atoms with Crippen LogP contribution in [0.25, 0.3) is 0 Å². The van der Waals surface area contributed by atoms with Crippen LogP contribution in [0.2, 0.25) is 0 Å². The Morgan fingerprint density at radius 2 is 1.60 bits per heavy atom. The Morgan fingerprint density at radius 3 is 1.60 bits per heavy atom. The lowest BCUT2D eigenvalue weighted by Crippen LogP contribution is -2.24. The van der Waals surface area contributed by atoms with E-state index in [2.05, 4.69) is 0 Å². The molecule has 0 bridgehead atoms. The van der Waals surface area contributed by atoms with Crippen molar-refractivity contribution in [1.29, 1.82) is 0 Å². The highest BCUT2D eigenvalue weighted by atomic mass is 35.6. The van der Waals surface area contributed by atoms with Gasteiger partial charge < -0.3 is 14.9 Å². The standard InChI is InChI=1S/C2H4Cl3O4P/c3-2(4,5)1(6)10(7,8)9/h1,6H,(H2,7,8,9). The number of hydrogen-bond donors (Lipinski definition) is 3. The molecule has 0 radical (unpaired) electrons. The topological polar surface area (TPSA) is 77.8 Å². The van der Waals surface area contributed by atoms with Crippen LogP contribution in [0.3, 0.4) is 0 Å².